The van der Waals surface area contributed by atoms with Gasteiger partial charge in [0.2, 0.25) is 0 Å². The van der Waals surface area contributed by atoms with Gasteiger partial charge in [0.1, 0.15) is 6.61 Å². The smallest absolute Gasteiger partial charge is 0.306 e. The number of allylic oxidation sites excluding steroid dienone is 4. The van der Waals surface area contributed by atoms with E-state index in [1.165, 1.54) is 128 Å². The van der Waals surface area contributed by atoms with Crippen molar-refractivity contribution in [2.75, 3.05) is 19.8 Å². The van der Waals surface area contributed by atoms with Crippen molar-refractivity contribution in [3.63, 3.8) is 0 Å². The number of carbonyl (C=O) groups excluding carboxylic acids is 2. The fraction of sp³-hybridized carbons (Fsp3) is 0.860. The maximum absolute atomic E-state index is 12.5. The van der Waals surface area contributed by atoms with Crippen LogP contribution in [-0.4, -0.2) is 37.9 Å². The Bertz CT molecular complexity index is 731. The summed E-state index contributed by atoms with van der Waals surface area (Å²) in [7, 11) is 0. The quantitative estimate of drug-likeness (QED) is 0.0370. The Morgan fingerprint density at radius 2 is 0.875 bits per heavy atom. The predicted octanol–water partition coefficient (Wildman–Crippen LogP) is 13.3. The highest BCUT2D eigenvalue weighted by Crippen LogP contribution is 2.13. The molecule has 0 amide bonds. The number of carbonyl (C=O) groups is 2. The normalized spacial score (nSPS) is 12.3. The number of esters is 2. The highest BCUT2D eigenvalue weighted by Gasteiger charge is 2.17. The molecule has 0 aliphatic heterocycles. The average molecular weight is 677 g/mol. The third-order valence-electron chi connectivity index (χ3n) is 8.99. The standard InChI is InChI=1S/C43H80O5/c1-4-7-10-13-15-17-19-20-21-22-23-24-25-26-28-31-33-36-42(44)47-40-41(48-43(45)37-34-30-12-9-6-3)39-46-38-35-32-29-27-18-16-14-11-8-5-2/h15,17,20-21,41H,4-14,16,18-19,22-40H2,1-3H3/b17-15-,21-20-. The summed E-state index contributed by atoms with van der Waals surface area (Å²) in [5.41, 5.74) is 0. The van der Waals surface area contributed by atoms with E-state index in [1.807, 2.05) is 0 Å². The molecule has 5 heteroatoms. The second kappa shape index (κ2) is 39.8. The van der Waals surface area contributed by atoms with Crippen LogP contribution in [0.15, 0.2) is 24.3 Å². The molecule has 0 saturated carbocycles. The van der Waals surface area contributed by atoms with Crippen LogP contribution in [0.3, 0.4) is 0 Å². The van der Waals surface area contributed by atoms with Gasteiger partial charge in [0.25, 0.3) is 0 Å². The van der Waals surface area contributed by atoms with E-state index >= 15 is 0 Å². The SMILES string of the molecule is CCCCC/C=C\C/C=C\CCCCCCCCCC(=O)OCC(COCCCCCCCCCCCC)OC(=O)CCCCCCC. The van der Waals surface area contributed by atoms with Crippen molar-refractivity contribution in [1.82, 2.24) is 0 Å². The molecule has 0 radical (unpaired) electrons. The molecule has 1 atom stereocenters. The Balaban J connectivity index is 4.05. The minimum absolute atomic E-state index is 0.0854. The van der Waals surface area contributed by atoms with Crippen molar-refractivity contribution in [3.8, 4) is 0 Å². The third-order valence-corrected chi connectivity index (χ3v) is 8.99. The zero-order chi connectivity index (χ0) is 35.0. The van der Waals surface area contributed by atoms with E-state index in [0.717, 1.165) is 51.4 Å². The molecule has 0 aromatic heterocycles. The third kappa shape index (κ3) is 37.2. The lowest BCUT2D eigenvalue weighted by Crippen LogP contribution is -2.30. The van der Waals surface area contributed by atoms with E-state index in [9.17, 15) is 9.59 Å². The summed E-state index contributed by atoms with van der Waals surface area (Å²) < 4.78 is 17.1. The van der Waals surface area contributed by atoms with Crippen LogP contribution in [0.5, 0.6) is 0 Å². The number of hydrogen-bond acceptors (Lipinski definition) is 5. The highest BCUT2D eigenvalue weighted by atomic mass is 16.6. The molecule has 0 heterocycles. The average Bonchev–Trinajstić information content (AvgIpc) is 3.08. The molecule has 0 saturated heterocycles. The highest BCUT2D eigenvalue weighted by molar-refractivity contribution is 5.70. The molecule has 0 fully saturated rings. The molecule has 0 aliphatic carbocycles. The van der Waals surface area contributed by atoms with Crippen molar-refractivity contribution in [3.05, 3.63) is 24.3 Å². The van der Waals surface area contributed by atoms with E-state index in [2.05, 4.69) is 45.1 Å². The van der Waals surface area contributed by atoms with E-state index in [-0.39, 0.29) is 25.2 Å². The summed E-state index contributed by atoms with van der Waals surface area (Å²) >= 11 is 0. The molecule has 1 unspecified atom stereocenters. The number of hydrogen-bond donors (Lipinski definition) is 0. The molecule has 0 rings (SSSR count). The fourth-order valence-corrected chi connectivity index (χ4v) is 5.83. The predicted molar refractivity (Wildman–Crippen MR) is 205 cm³/mol. The van der Waals surface area contributed by atoms with Gasteiger partial charge in [0.15, 0.2) is 6.10 Å². The maximum Gasteiger partial charge on any atom is 0.306 e. The van der Waals surface area contributed by atoms with Crippen LogP contribution < -0.4 is 0 Å². The zero-order valence-corrected chi connectivity index (χ0v) is 32.3. The summed E-state index contributed by atoms with van der Waals surface area (Å²) in [6, 6.07) is 0. The molecular weight excluding hydrogens is 596 g/mol. The van der Waals surface area contributed by atoms with Gasteiger partial charge in [0.05, 0.1) is 6.61 Å². The lowest BCUT2D eigenvalue weighted by molar-refractivity contribution is -0.163. The van der Waals surface area contributed by atoms with Crippen LogP contribution in [-0.2, 0) is 23.8 Å². The number of rotatable bonds is 38. The Morgan fingerprint density at radius 1 is 0.458 bits per heavy atom. The number of ether oxygens (including phenoxy) is 3. The van der Waals surface area contributed by atoms with Gasteiger partial charge in [-0.1, -0.05) is 173 Å². The zero-order valence-electron chi connectivity index (χ0n) is 32.3. The van der Waals surface area contributed by atoms with Crippen molar-refractivity contribution in [2.24, 2.45) is 0 Å². The lowest BCUT2D eigenvalue weighted by Gasteiger charge is -2.18. The first kappa shape index (κ1) is 46.4. The van der Waals surface area contributed by atoms with E-state index in [0.29, 0.717) is 19.4 Å². The summed E-state index contributed by atoms with van der Waals surface area (Å²) in [4.78, 5) is 24.9. The van der Waals surface area contributed by atoms with Crippen LogP contribution in [0.25, 0.3) is 0 Å². The monoisotopic (exact) mass is 677 g/mol. The minimum atomic E-state index is -0.526. The maximum atomic E-state index is 12.5. The molecule has 48 heavy (non-hydrogen) atoms. The summed E-state index contributed by atoms with van der Waals surface area (Å²) in [5, 5.41) is 0. The largest absolute Gasteiger partial charge is 0.462 e. The van der Waals surface area contributed by atoms with E-state index < -0.39 is 6.10 Å². The number of unbranched alkanes of at least 4 members (excludes halogenated alkanes) is 23. The van der Waals surface area contributed by atoms with Crippen molar-refractivity contribution in [1.29, 1.82) is 0 Å². The first-order valence-corrected chi connectivity index (χ1v) is 20.9. The second-order valence-electron chi connectivity index (χ2n) is 13.9. The van der Waals surface area contributed by atoms with Gasteiger partial charge < -0.3 is 14.2 Å². The summed E-state index contributed by atoms with van der Waals surface area (Å²) in [6.07, 6.45) is 43.3. The van der Waals surface area contributed by atoms with Crippen LogP contribution in [0.2, 0.25) is 0 Å². The fourth-order valence-electron chi connectivity index (χ4n) is 5.83. The van der Waals surface area contributed by atoms with Crippen LogP contribution in [0, 0.1) is 0 Å². The minimum Gasteiger partial charge on any atom is -0.462 e. The van der Waals surface area contributed by atoms with Crippen LogP contribution in [0.4, 0.5) is 0 Å². The Kier molecular flexibility index (Phi) is 38.5. The topological polar surface area (TPSA) is 61.8 Å². The van der Waals surface area contributed by atoms with Gasteiger partial charge in [-0.2, -0.15) is 0 Å². The molecule has 0 aliphatic rings. The molecule has 0 aromatic carbocycles. The van der Waals surface area contributed by atoms with Crippen LogP contribution >= 0.6 is 0 Å². The van der Waals surface area contributed by atoms with Gasteiger partial charge in [-0.25, -0.2) is 0 Å². The van der Waals surface area contributed by atoms with Gasteiger partial charge in [-0.3, -0.25) is 9.59 Å². The second-order valence-corrected chi connectivity index (χ2v) is 13.9. The van der Waals surface area contributed by atoms with E-state index in [4.69, 9.17) is 14.2 Å². The first-order chi connectivity index (χ1) is 23.6. The lowest BCUT2D eigenvalue weighted by atomic mass is 10.1. The van der Waals surface area contributed by atoms with Gasteiger partial charge in [-0.15, -0.1) is 0 Å². The molecule has 0 N–H and O–H groups in total. The molecule has 0 aromatic rings. The Hall–Kier alpha value is -1.62. The first-order valence-electron chi connectivity index (χ1n) is 20.9. The van der Waals surface area contributed by atoms with E-state index in [1.54, 1.807) is 0 Å². The molecule has 282 valence electrons. The van der Waals surface area contributed by atoms with Crippen molar-refractivity contribution < 1.29 is 23.8 Å². The van der Waals surface area contributed by atoms with Gasteiger partial charge in [0, 0.05) is 19.4 Å². The van der Waals surface area contributed by atoms with Crippen molar-refractivity contribution in [2.45, 2.75) is 219 Å². The summed E-state index contributed by atoms with van der Waals surface area (Å²) in [6.45, 7) is 7.73. The molecule has 0 spiro atoms. The molecule has 5 nitrogen and oxygen atoms in total. The van der Waals surface area contributed by atoms with Crippen molar-refractivity contribution >= 4 is 11.9 Å². The Morgan fingerprint density at radius 3 is 1.42 bits per heavy atom. The van der Waals surface area contributed by atoms with Gasteiger partial charge >= 0.3 is 11.9 Å². The van der Waals surface area contributed by atoms with Gasteiger partial charge in [-0.05, 0) is 51.4 Å². The Labute approximate surface area is 298 Å². The molecule has 0 bridgehead atoms. The van der Waals surface area contributed by atoms with Crippen LogP contribution in [0.1, 0.15) is 213 Å². The molecular formula is C43H80O5. The summed E-state index contributed by atoms with van der Waals surface area (Å²) in [5.74, 6) is -0.413.